The summed E-state index contributed by atoms with van der Waals surface area (Å²) in [4.78, 5) is 47.4. The fourth-order valence-electron chi connectivity index (χ4n) is 3.80. The second-order valence-electron chi connectivity index (χ2n) is 7.90. The molecule has 1 aliphatic carbocycles. The lowest BCUT2D eigenvalue weighted by atomic mass is 9.93. The molecule has 184 valence electrons. The van der Waals surface area contributed by atoms with Crippen LogP contribution in [0.1, 0.15) is 61.0 Å². The average Bonchev–Trinajstić information content (AvgIpc) is 3.23. The van der Waals surface area contributed by atoms with Gasteiger partial charge >= 0.3 is 5.91 Å². The van der Waals surface area contributed by atoms with Crippen LogP contribution in [0.4, 0.5) is 10.1 Å². The number of carbonyl (C=O) groups is 3. The summed E-state index contributed by atoms with van der Waals surface area (Å²) >= 11 is 0. The Morgan fingerprint density at radius 2 is 1.69 bits per heavy atom. The zero-order chi connectivity index (χ0) is 25.8. The molecular weight excluding hydrogens is 473 g/mol. The standard InChI is InChI=1S/C24H20FN5O6/c1-13-20-18(26-28-23(32)16-5-2-3-6-17(16)25)7-4-8-19(20)36-21(13)24(33)29-27-22(31)14-9-11-15(12-10-14)30(34)35/h2-3,5-6,9-12H,4,7-8H2,1H3,(H,27,31)(H,28,32)(H,29,33)/b26-18+. The van der Waals surface area contributed by atoms with Crippen molar-refractivity contribution in [1.29, 1.82) is 0 Å². The van der Waals surface area contributed by atoms with Gasteiger partial charge in [-0.1, -0.05) is 12.1 Å². The maximum Gasteiger partial charge on any atom is 0.305 e. The number of hydrogen-bond acceptors (Lipinski definition) is 7. The first kappa shape index (κ1) is 24.3. The monoisotopic (exact) mass is 493 g/mol. The van der Waals surface area contributed by atoms with Gasteiger partial charge in [0.15, 0.2) is 5.76 Å². The molecule has 0 radical (unpaired) electrons. The number of carbonyl (C=O) groups excluding carboxylic acids is 3. The van der Waals surface area contributed by atoms with Crippen LogP contribution in [0.15, 0.2) is 58.0 Å². The van der Waals surface area contributed by atoms with Crippen LogP contribution >= 0.6 is 0 Å². The van der Waals surface area contributed by atoms with Crippen molar-refractivity contribution in [3.63, 3.8) is 0 Å². The van der Waals surface area contributed by atoms with E-state index in [9.17, 15) is 28.9 Å². The van der Waals surface area contributed by atoms with E-state index in [-0.39, 0.29) is 22.6 Å². The van der Waals surface area contributed by atoms with Gasteiger partial charge in [-0.3, -0.25) is 35.3 Å². The molecule has 0 bridgehead atoms. The van der Waals surface area contributed by atoms with Gasteiger partial charge < -0.3 is 4.42 Å². The normalized spacial score (nSPS) is 13.6. The van der Waals surface area contributed by atoms with Crippen molar-refractivity contribution in [2.45, 2.75) is 26.2 Å². The van der Waals surface area contributed by atoms with E-state index in [0.29, 0.717) is 41.9 Å². The molecular formula is C24H20FN5O6. The van der Waals surface area contributed by atoms with Crippen molar-refractivity contribution in [2.75, 3.05) is 0 Å². The zero-order valence-electron chi connectivity index (χ0n) is 19.0. The van der Waals surface area contributed by atoms with E-state index in [1.54, 1.807) is 6.92 Å². The van der Waals surface area contributed by atoms with E-state index in [0.717, 1.165) is 0 Å². The number of fused-ring (bicyclic) bond motifs is 1. The van der Waals surface area contributed by atoms with Gasteiger partial charge in [-0.2, -0.15) is 5.10 Å². The minimum absolute atomic E-state index is 0.0426. The number of rotatable bonds is 5. The molecule has 0 spiro atoms. The van der Waals surface area contributed by atoms with E-state index in [1.165, 1.54) is 48.5 Å². The molecule has 4 rings (SSSR count). The van der Waals surface area contributed by atoms with Crippen LogP contribution in [0.5, 0.6) is 0 Å². The van der Waals surface area contributed by atoms with Gasteiger partial charge in [0.05, 0.1) is 16.2 Å². The van der Waals surface area contributed by atoms with E-state index in [1.807, 2.05) is 0 Å². The number of nitrogens with zero attached hydrogens (tertiary/aromatic N) is 2. The number of non-ortho nitro benzene ring substituents is 1. The molecule has 1 aliphatic rings. The third-order valence-corrected chi connectivity index (χ3v) is 5.57. The lowest BCUT2D eigenvalue weighted by molar-refractivity contribution is -0.384. The predicted octanol–water partition coefficient (Wildman–Crippen LogP) is 3.18. The molecule has 3 amide bonds. The van der Waals surface area contributed by atoms with Gasteiger partial charge in [0, 0.05) is 35.2 Å². The van der Waals surface area contributed by atoms with Gasteiger partial charge in [-0.25, -0.2) is 9.82 Å². The number of amides is 3. The molecule has 0 saturated carbocycles. The van der Waals surface area contributed by atoms with Crippen molar-refractivity contribution in [2.24, 2.45) is 5.10 Å². The predicted molar refractivity (Wildman–Crippen MR) is 125 cm³/mol. The average molecular weight is 493 g/mol. The molecule has 2 aromatic carbocycles. The van der Waals surface area contributed by atoms with E-state index in [4.69, 9.17) is 4.42 Å². The highest BCUT2D eigenvalue weighted by atomic mass is 19.1. The second-order valence-corrected chi connectivity index (χ2v) is 7.90. The van der Waals surface area contributed by atoms with Gasteiger partial charge in [0.25, 0.3) is 17.5 Å². The number of furan rings is 1. The number of hydrogen-bond donors (Lipinski definition) is 3. The van der Waals surface area contributed by atoms with Crippen LogP contribution in [0.2, 0.25) is 0 Å². The molecule has 0 fully saturated rings. The number of aryl methyl sites for hydroxylation is 1. The Labute approximate surface area is 203 Å². The van der Waals surface area contributed by atoms with Crippen molar-refractivity contribution < 1.29 is 28.1 Å². The molecule has 1 heterocycles. The Hall–Kier alpha value is -4.87. The lowest BCUT2D eigenvalue weighted by Gasteiger charge is -2.13. The fraction of sp³-hybridized carbons (Fsp3) is 0.167. The van der Waals surface area contributed by atoms with E-state index >= 15 is 0 Å². The summed E-state index contributed by atoms with van der Waals surface area (Å²) in [7, 11) is 0. The Morgan fingerprint density at radius 1 is 1.00 bits per heavy atom. The van der Waals surface area contributed by atoms with Crippen molar-refractivity contribution in [3.8, 4) is 0 Å². The summed E-state index contributed by atoms with van der Waals surface area (Å²) in [6.45, 7) is 1.65. The molecule has 0 unspecified atom stereocenters. The highest BCUT2D eigenvalue weighted by molar-refractivity contribution is 6.07. The number of nitro benzene ring substituents is 1. The first-order chi connectivity index (χ1) is 17.3. The summed E-state index contributed by atoms with van der Waals surface area (Å²) in [5.41, 5.74) is 8.16. The summed E-state index contributed by atoms with van der Waals surface area (Å²) in [5.74, 6) is -2.31. The summed E-state index contributed by atoms with van der Waals surface area (Å²) in [5, 5.41) is 14.9. The van der Waals surface area contributed by atoms with Crippen LogP contribution in [0.25, 0.3) is 0 Å². The smallest absolute Gasteiger partial charge is 0.305 e. The number of benzene rings is 2. The fourth-order valence-corrected chi connectivity index (χ4v) is 3.80. The maximum atomic E-state index is 13.9. The molecule has 0 saturated heterocycles. The molecule has 0 aliphatic heterocycles. The first-order valence-electron chi connectivity index (χ1n) is 10.9. The third kappa shape index (κ3) is 4.97. The minimum Gasteiger partial charge on any atom is -0.455 e. The summed E-state index contributed by atoms with van der Waals surface area (Å²) < 4.78 is 19.6. The first-order valence-corrected chi connectivity index (χ1v) is 10.9. The maximum absolute atomic E-state index is 13.9. The number of halogens is 1. The number of hydrazone groups is 1. The molecule has 12 heteroatoms. The zero-order valence-corrected chi connectivity index (χ0v) is 19.0. The largest absolute Gasteiger partial charge is 0.455 e. The van der Waals surface area contributed by atoms with Gasteiger partial charge in [0.2, 0.25) is 0 Å². The molecule has 36 heavy (non-hydrogen) atoms. The highest BCUT2D eigenvalue weighted by Gasteiger charge is 2.28. The molecule has 11 nitrogen and oxygen atoms in total. The van der Waals surface area contributed by atoms with E-state index < -0.39 is 28.5 Å². The topological polar surface area (TPSA) is 156 Å². The van der Waals surface area contributed by atoms with Crippen molar-refractivity contribution >= 4 is 29.1 Å². The van der Waals surface area contributed by atoms with Crippen LogP contribution in [-0.4, -0.2) is 28.4 Å². The van der Waals surface area contributed by atoms with Crippen molar-refractivity contribution in [3.05, 3.63) is 98.2 Å². The summed E-state index contributed by atoms with van der Waals surface area (Å²) in [6.07, 6.45) is 1.70. The Bertz CT molecular complexity index is 1400. The van der Waals surface area contributed by atoms with Gasteiger partial charge in [-0.05, 0) is 44.0 Å². The lowest BCUT2D eigenvalue weighted by Crippen LogP contribution is -2.41. The Morgan fingerprint density at radius 3 is 2.39 bits per heavy atom. The third-order valence-electron chi connectivity index (χ3n) is 5.57. The SMILES string of the molecule is Cc1c(C(=O)NNC(=O)c2ccc([N+](=O)[O-])cc2)oc2c1/C(=N/NC(=O)c1ccccc1F)CCC2. The second kappa shape index (κ2) is 10.2. The van der Waals surface area contributed by atoms with Crippen LogP contribution < -0.4 is 16.3 Å². The van der Waals surface area contributed by atoms with E-state index in [2.05, 4.69) is 21.4 Å². The Kier molecular flexibility index (Phi) is 6.86. The molecule has 3 N–H and O–H groups in total. The molecule has 1 aromatic heterocycles. The number of nitro groups is 1. The van der Waals surface area contributed by atoms with Gasteiger partial charge in [-0.15, -0.1) is 0 Å². The number of hydrazine groups is 1. The molecule has 0 atom stereocenters. The number of nitrogens with one attached hydrogen (secondary N) is 3. The highest BCUT2D eigenvalue weighted by Crippen LogP contribution is 2.29. The van der Waals surface area contributed by atoms with Crippen molar-refractivity contribution in [1.82, 2.24) is 16.3 Å². The quantitative estimate of drug-likeness (QED) is 0.366. The Balaban J connectivity index is 1.46. The van der Waals surface area contributed by atoms with Crippen LogP contribution in [0, 0.1) is 22.9 Å². The summed E-state index contributed by atoms with van der Waals surface area (Å²) in [6, 6.07) is 10.4. The molecule has 3 aromatic rings. The minimum atomic E-state index is -0.716. The van der Waals surface area contributed by atoms with Crippen LogP contribution in [0.3, 0.4) is 0 Å². The van der Waals surface area contributed by atoms with Crippen LogP contribution in [-0.2, 0) is 6.42 Å². The van der Waals surface area contributed by atoms with Gasteiger partial charge in [0.1, 0.15) is 11.6 Å².